The van der Waals surface area contributed by atoms with Crippen LogP contribution in [-0.4, -0.2) is 63.8 Å². The van der Waals surface area contributed by atoms with Crippen LogP contribution in [0.3, 0.4) is 0 Å². The molecule has 4 aromatic rings. The normalized spacial score (nSPS) is 17.4. The molecule has 0 unspecified atom stereocenters. The van der Waals surface area contributed by atoms with Crippen LogP contribution in [0.2, 0.25) is 5.28 Å². The standard InChI is InChI=1S/C16H20F3N5.C11H14ClF2N3.C5H7FN2/c1-9-8-13(21-12-4-6-16(18,19)7-5-12)22-15(20-9)24-11(3)14(17)10(2)23-24;1-7-6-9(17-10(12)15-7)16-8-2-4-11(13,14)5-3-8;1-3-5(6)4(2)8-7-3/h8,12H,4-7H2,1-3H3,(H,20,21,22);6,8H,2-5H2,1H3,(H,15,16,17);1-2H3,(H,7,8). The Hall–Kier alpha value is -3.95. The van der Waals surface area contributed by atoms with E-state index in [2.05, 4.69) is 45.9 Å². The van der Waals surface area contributed by atoms with Crippen molar-refractivity contribution in [3.05, 3.63) is 63.2 Å². The van der Waals surface area contributed by atoms with Crippen LogP contribution in [0.5, 0.6) is 0 Å². The highest BCUT2D eigenvalue weighted by atomic mass is 35.5. The fraction of sp³-hybridized carbons (Fsp3) is 0.562. The lowest BCUT2D eigenvalue weighted by atomic mass is 9.92. The van der Waals surface area contributed by atoms with E-state index in [1.807, 2.05) is 6.92 Å². The molecule has 0 bridgehead atoms. The Bertz CT molecular complexity index is 1670. The zero-order valence-electron chi connectivity index (χ0n) is 28.2. The van der Waals surface area contributed by atoms with Gasteiger partial charge < -0.3 is 10.6 Å². The topological polar surface area (TPSA) is 122 Å². The molecule has 17 heteroatoms. The molecule has 2 aliphatic carbocycles. The zero-order valence-corrected chi connectivity index (χ0v) is 29.0. The maximum atomic E-state index is 13.9. The molecular weight excluding hydrogens is 674 g/mol. The number of aromatic amines is 1. The Morgan fingerprint density at radius 2 is 1.20 bits per heavy atom. The van der Waals surface area contributed by atoms with Gasteiger partial charge in [0.05, 0.1) is 22.8 Å². The van der Waals surface area contributed by atoms with Gasteiger partial charge in [-0.3, -0.25) is 5.10 Å². The van der Waals surface area contributed by atoms with Crippen LogP contribution in [0.25, 0.3) is 5.95 Å². The highest BCUT2D eigenvalue weighted by Gasteiger charge is 2.36. The number of nitrogens with zero attached hydrogens (tertiary/aromatic N) is 7. The fourth-order valence-corrected chi connectivity index (χ4v) is 5.70. The lowest BCUT2D eigenvalue weighted by Gasteiger charge is -2.29. The summed E-state index contributed by atoms with van der Waals surface area (Å²) in [6.45, 7) is 10.1. The summed E-state index contributed by atoms with van der Waals surface area (Å²) < 4.78 is 80.1. The minimum absolute atomic E-state index is 0.0417. The third-order valence-corrected chi connectivity index (χ3v) is 8.41. The Morgan fingerprint density at radius 3 is 1.59 bits per heavy atom. The molecule has 0 spiro atoms. The molecule has 6 rings (SSSR count). The van der Waals surface area contributed by atoms with Gasteiger partial charge in [-0.1, -0.05) is 0 Å². The molecule has 0 aromatic carbocycles. The Kier molecular flexibility index (Phi) is 12.2. The van der Waals surface area contributed by atoms with Crippen LogP contribution >= 0.6 is 11.6 Å². The van der Waals surface area contributed by atoms with Gasteiger partial charge in [-0.2, -0.15) is 19.9 Å². The van der Waals surface area contributed by atoms with Crippen LogP contribution < -0.4 is 10.6 Å². The van der Waals surface area contributed by atoms with Gasteiger partial charge in [0.25, 0.3) is 5.95 Å². The van der Waals surface area contributed by atoms with Gasteiger partial charge in [0, 0.05) is 61.3 Å². The van der Waals surface area contributed by atoms with Crippen molar-refractivity contribution in [1.29, 1.82) is 0 Å². The maximum absolute atomic E-state index is 13.9. The SMILES string of the molecule is Cc1cc(NC2CCC(F)(F)CC2)nc(-n2nc(C)c(F)c2C)n1.Cc1cc(NC2CCC(F)(F)CC2)nc(Cl)n1.Cc1n[nH]c(C)c1F. The van der Waals surface area contributed by atoms with Crippen molar-refractivity contribution in [2.45, 2.75) is 117 Å². The number of rotatable bonds is 5. The molecular formula is C32H41ClF6N10. The smallest absolute Gasteiger partial charge is 0.253 e. The monoisotopic (exact) mass is 714 g/mol. The number of aryl methyl sites for hydroxylation is 5. The van der Waals surface area contributed by atoms with E-state index >= 15 is 0 Å². The number of nitrogens with one attached hydrogen (secondary N) is 3. The minimum atomic E-state index is -2.56. The maximum Gasteiger partial charge on any atom is 0.253 e. The summed E-state index contributed by atoms with van der Waals surface area (Å²) in [7, 11) is 0. The Morgan fingerprint density at radius 1 is 0.714 bits per heavy atom. The van der Waals surface area contributed by atoms with Crippen molar-refractivity contribution in [2.75, 3.05) is 10.6 Å². The van der Waals surface area contributed by atoms with Crippen molar-refractivity contribution >= 4 is 23.2 Å². The molecule has 3 N–H and O–H groups in total. The first-order chi connectivity index (χ1) is 22.9. The average Bonchev–Trinajstić information content (AvgIpc) is 3.45. The summed E-state index contributed by atoms with van der Waals surface area (Å²) in [5.74, 6) is -4.26. The second kappa shape index (κ2) is 15.7. The van der Waals surface area contributed by atoms with Crippen molar-refractivity contribution < 1.29 is 26.3 Å². The van der Waals surface area contributed by atoms with Crippen LogP contribution in [0.4, 0.5) is 38.0 Å². The molecule has 0 radical (unpaired) electrons. The second-order valence-corrected chi connectivity index (χ2v) is 12.9. The molecule has 0 amide bonds. The predicted octanol–water partition coefficient (Wildman–Crippen LogP) is 8.31. The van der Waals surface area contributed by atoms with E-state index < -0.39 is 11.8 Å². The summed E-state index contributed by atoms with van der Waals surface area (Å²) >= 11 is 5.73. The average molecular weight is 715 g/mol. The first kappa shape index (κ1) is 37.9. The Labute approximate surface area is 285 Å². The van der Waals surface area contributed by atoms with E-state index in [4.69, 9.17) is 11.6 Å². The lowest BCUT2D eigenvalue weighted by Crippen LogP contribution is -2.32. The molecule has 10 nitrogen and oxygen atoms in total. The molecule has 4 aromatic heterocycles. The number of aromatic nitrogens is 8. The first-order valence-corrected chi connectivity index (χ1v) is 16.3. The van der Waals surface area contributed by atoms with Crippen LogP contribution in [0.15, 0.2) is 12.1 Å². The van der Waals surface area contributed by atoms with Crippen molar-refractivity contribution in [3.8, 4) is 5.95 Å². The van der Waals surface area contributed by atoms with Gasteiger partial charge in [0.2, 0.25) is 17.1 Å². The van der Waals surface area contributed by atoms with Gasteiger partial charge in [-0.05, 0) is 78.8 Å². The van der Waals surface area contributed by atoms with Crippen LogP contribution in [0, 0.1) is 53.2 Å². The summed E-state index contributed by atoms with van der Waals surface area (Å²) in [6, 6.07) is 3.50. The highest BCUT2D eigenvalue weighted by Crippen LogP contribution is 2.35. The first-order valence-electron chi connectivity index (χ1n) is 16.0. The van der Waals surface area contributed by atoms with Gasteiger partial charge in [-0.15, -0.1) is 0 Å². The molecule has 268 valence electrons. The molecule has 0 saturated heterocycles. The summed E-state index contributed by atoms with van der Waals surface area (Å²) in [5, 5.41) is 16.7. The number of anilines is 2. The van der Waals surface area contributed by atoms with Crippen molar-refractivity contribution in [3.63, 3.8) is 0 Å². The number of alkyl halides is 4. The van der Waals surface area contributed by atoms with E-state index in [0.29, 0.717) is 60.1 Å². The number of halogens is 7. The number of hydrogen-bond acceptors (Lipinski definition) is 8. The summed E-state index contributed by atoms with van der Waals surface area (Å²) in [4.78, 5) is 16.6. The number of H-pyrrole nitrogens is 1. The molecule has 2 fully saturated rings. The third-order valence-electron chi connectivity index (χ3n) is 8.24. The van der Waals surface area contributed by atoms with Gasteiger partial charge in [0.1, 0.15) is 11.6 Å². The van der Waals surface area contributed by atoms with E-state index in [0.717, 1.165) is 5.69 Å². The van der Waals surface area contributed by atoms with E-state index in [9.17, 15) is 26.3 Å². The predicted molar refractivity (Wildman–Crippen MR) is 175 cm³/mol. The van der Waals surface area contributed by atoms with Crippen LogP contribution in [-0.2, 0) is 0 Å². The van der Waals surface area contributed by atoms with E-state index in [1.165, 1.54) is 4.68 Å². The minimum Gasteiger partial charge on any atom is -0.367 e. The van der Waals surface area contributed by atoms with Crippen molar-refractivity contribution in [1.82, 2.24) is 39.9 Å². The lowest BCUT2D eigenvalue weighted by molar-refractivity contribution is -0.0366. The highest BCUT2D eigenvalue weighted by molar-refractivity contribution is 6.28. The molecule has 2 aliphatic rings. The van der Waals surface area contributed by atoms with E-state index in [1.54, 1.807) is 46.8 Å². The van der Waals surface area contributed by atoms with Gasteiger partial charge in [0.15, 0.2) is 11.6 Å². The summed E-state index contributed by atoms with van der Waals surface area (Å²) in [5.41, 5.74) is 3.00. The molecule has 4 heterocycles. The van der Waals surface area contributed by atoms with Gasteiger partial charge in [-0.25, -0.2) is 41.3 Å². The third kappa shape index (κ3) is 10.8. The van der Waals surface area contributed by atoms with E-state index in [-0.39, 0.29) is 66.3 Å². The quantitative estimate of drug-likeness (QED) is 0.139. The summed E-state index contributed by atoms with van der Waals surface area (Å²) in [6.07, 6.45) is 1.31. The second-order valence-electron chi connectivity index (χ2n) is 12.6. The largest absolute Gasteiger partial charge is 0.367 e. The Balaban J connectivity index is 0.000000187. The van der Waals surface area contributed by atoms with Gasteiger partial charge >= 0.3 is 0 Å². The molecule has 49 heavy (non-hydrogen) atoms. The van der Waals surface area contributed by atoms with Crippen LogP contribution in [0.1, 0.15) is 85.5 Å². The molecule has 0 atom stereocenters. The zero-order chi connectivity index (χ0) is 36.1. The fourth-order valence-electron chi connectivity index (χ4n) is 5.47. The number of hydrogen-bond donors (Lipinski definition) is 3. The molecule has 0 aliphatic heterocycles. The molecule has 2 saturated carbocycles. The van der Waals surface area contributed by atoms with Crippen molar-refractivity contribution in [2.24, 2.45) is 0 Å².